The number of likely N-dealkylation sites (tertiary alicyclic amines) is 1. The molecule has 1 amide bonds. The van der Waals surface area contributed by atoms with Crippen LogP contribution in [0.2, 0.25) is 0 Å². The lowest BCUT2D eigenvalue weighted by molar-refractivity contribution is 0.0751. The predicted molar refractivity (Wildman–Crippen MR) is 92.3 cm³/mol. The van der Waals surface area contributed by atoms with Gasteiger partial charge >= 0.3 is 6.09 Å². The van der Waals surface area contributed by atoms with Crippen LogP contribution in [0.15, 0.2) is 54.9 Å². The van der Waals surface area contributed by atoms with Crippen LogP contribution >= 0.6 is 0 Å². The molecule has 3 rings (SSSR count). The van der Waals surface area contributed by atoms with E-state index in [1.807, 2.05) is 42.5 Å². The molecule has 0 spiro atoms. The van der Waals surface area contributed by atoms with Gasteiger partial charge in [0, 0.05) is 13.3 Å². The molecule has 0 saturated carbocycles. The third-order valence-electron chi connectivity index (χ3n) is 4.23. The second kappa shape index (κ2) is 8.48. The van der Waals surface area contributed by atoms with Gasteiger partial charge in [-0.05, 0) is 24.1 Å². The average Bonchev–Trinajstić information content (AvgIpc) is 3.09. The van der Waals surface area contributed by atoms with E-state index in [2.05, 4.69) is 4.98 Å². The van der Waals surface area contributed by atoms with Gasteiger partial charge in [-0.2, -0.15) is 0 Å². The van der Waals surface area contributed by atoms with Gasteiger partial charge in [-0.1, -0.05) is 30.3 Å². The highest BCUT2D eigenvalue weighted by Gasteiger charge is 2.36. The molecule has 1 aromatic heterocycles. The summed E-state index contributed by atoms with van der Waals surface area (Å²) in [6.45, 7) is 1.14. The van der Waals surface area contributed by atoms with Crippen LogP contribution in [0.4, 0.5) is 4.79 Å². The van der Waals surface area contributed by atoms with Gasteiger partial charge in [0.05, 0.1) is 24.9 Å². The molecule has 6 nitrogen and oxygen atoms in total. The number of carbonyl (C=O) groups is 1. The highest BCUT2D eigenvalue weighted by Crippen LogP contribution is 2.22. The number of nitrogens with zero attached hydrogens (tertiary/aromatic N) is 2. The molecule has 1 aliphatic rings. The minimum atomic E-state index is -0.344. The first-order valence-electron chi connectivity index (χ1n) is 8.29. The first kappa shape index (κ1) is 17.2. The Morgan fingerprint density at radius 2 is 2.08 bits per heavy atom. The third-order valence-corrected chi connectivity index (χ3v) is 4.23. The molecule has 1 saturated heterocycles. The van der Waals surface area contributed by atoms with Crippen molar-refractivity contribution >= 4 is 6.09 Å². The summed E-state index contributed by atoms with van der Waals surface area (Å²) >= 11 is 0. The van der Waals surface area contributed by atoms with E-state index in [0.29, 0.717) is 18.9 Å². The van der Waals surface area contributed by atoms with E-state index in [9.17, 15) is 4.79 Å². The number of methoxy groups -OCH3 is 1. The Balaban J connectivity index is 1.57. The van der Waals surface area contributed by atoms with Crippen molar-refractivity contribution in [1.29, 1.82) is 0 Å². The van der Waals surface area contributed by atoms with Gasteiger partial charge in [0.1, 0.15) is 19.0 Å². The predicted octanol–water partition coefficient (Wildman–Crippen LogP) is 2.89. The van der Waals surface area contributed by atoms with E-state index in [0.717, 1.165) is 12.0 Å². The van der Waals surface area contributed by atoms with Crippen LogP contribution in [0.25, 0.3) is 0 Å². The molecule has 2 heterocycles. The Morgan fingerprint density at radius 1 is 1.24 bits per heavy atom. The third kappa shape index (κ3) is 4.70. The van der Waals surface area contributed by atoms with Crippen LogP contribution in [0, 0.1) is 0 Å². The lowest BCUT2D eigenvalue weighted by Gasteiger charge is -2.23. The number of benzene rings is 1. The van der Waals surface area contributed by atoms with E-state index in [4.69, 9.17) is 14.2 Å². The van der Waals surface area contributed by atoms with Gasteiger partial charge in [-0.3, -0.25) is 9.88 Å². The molecular formula is C19H22N2O4. The van der Waals surface area contributed by atoms with Crippen molar-refractivity contribution in [3.63, 3.8) is 0 Å². The van der Waals surface area contributed by atoms with Crippen LogP contribution in [0.3, 0.4) is 0 Å². The summed E-state index contributed by atoms with van der Waals surface area (Å²) in [5, 5.41) is 0. The van der Waals surface area contributed by atoms with Crippen molar-refractivity contribution in [2.24, 2.45) is 0 Å². The van der Waals surface area contributed by atoms with Gasteiger partial charge in [-0.25, -0.2) is 4.79 Å². The fourth-order valence-electron chi connectivity index (χ4n) is 2.85. The van der Waals surface area contributed by atoms with Gasteiger partial charge in [-0.15, -0.1) is 0 Å². The standard InChI is InChI=1S/C19H22N2O4/c1-23-18-10-16(14-24-17-8-5-9-20-11-17)21(12-18)19(22)25-13-15-6-3-2-4-7-15/h2-9,11,16,18H,10,12-14H2,1H3/t16-,18+/m0/s1. The number of aromatic nitrogens is 1. The zero-order valence-electron chi connectivity index (χ0n) is 14.2. The van der Waals surface area contributed by atoms with Gasteiger partial charge in [0.15, 0.2) is 0 Å². The fraction of sp³-hybridized carbons (Fsp3) is 0.368. The van der Waals surface area contributed by atoms with Crippen molar-refractivity contribution in [3.8, 4) is 5.75 Å². The highest BCUT2D eigenvalue weighted by atomic mass is 16.6. The molecule has 0 bridgehead atoms. The number of hydrogen-bond donors (Lipinski definition) is 0. The Bertz CT molecular complexity index is 666. The number of amides is 1. The van der Waals surface area contributed by atoms with Crippen LogP contribution in [-0.4, -0.2) is 48.4 Å². The molecule has 132 valence electrons. The summed E-state index contributed by atoms with van der Waals surface area (Å²) in [6, 6.07) is 13.2. The maximum atomic E-state index is 12.5. The Kier molecular flexibility index (Phi) is 5.85. The second-order valence-corrected chi connectivity index (χ2v) is 5.94. The number of ether oxygens (including phenoxy) is 3. The highest BCUT2D eigenvalue weighted by molar-refractivity contribution is 5.68. The van der Waals surface area contributed by atoms with E-state index >= 15 is 0 Å². The lowest BCUT2D eigenvalue weighted by atomic mass is 10.2. The summed E-state index contributed by atoms with van der Waals surface area (Å²) in [5.41, 5.74) is 0.960. The Hall–Kier alpha value is -2.60. The number of pyridine rings is 1. The number of carbonyl (C=O) groups excluding carboxylic acids is 1. The van der Waals surface area contributed by atoms with Crippen molar-refractivity contribution in [1.82, 2.24) is 9.88 Å². The fourth-order valence-corrected chi connectivity index (χ4v) is 2.85. The SMILES string of the molecule is CO[C@@H]1C[C@@H](COc2cccnc2)N(C(=O)OCc2ccccc2)C1. The quantitative estimate of drug-likeness (QED) is 0.808. The van der Waals surface area contributed by atoms with Gasteiger partial charge in [0.25, 0.3) is 0 Å². The molecule has 2 aromatic rings. The van der Waals surface area contributed by atoms with Gasteiger partial charge < -0.3 is 14.2 Å². The minimum absolute atomic E-state index is 0.00762. The Morgan fingerprint density at radius 3 is 2.80 bits per heavy atom. The molecule has 25 heavy (non-hydrogen) atoms. The molecule has 0 aliphatic carbocycles. The molecule has 1 aromatic carbocycles. The van der Waals surface area contributed by atoms with Crippen LogP contribution in [-0.2, 0) is 16.1 Å². The number of hydrogen-bond acceptors (Lipinski definition) is 5. The summed E-state index contributed by atoms with van der Waals surface area (Å²) in [4.78, 5) is 18.2. The maximum absolute atomic E-state index is 12.5. The molecule has 0 N–H and O–H groups in total. The topological polar surface area (TPSA) is 60.9 Å². The van der Waals surface area contributed by atoms with Crippen molar-refractivity contribution < 1.29 is 19.0 Å². The molecule has 2 atom stereocenters. The smallest absolute Gasteiger partial charge is 0.410 e. The van der Waals surface area contributed by atoms with Crippen LogP contribution in [0.5, 0.6) is 5.75 Å². The number of rotatable bonds is 6. The monoisotopic (exact) mass is 342 g/mol. The summed E-state index contributed by atoms with van der Waals surface area (Å²) in [5.74, 6) is 0.681. The van der Waals surface area contributed by atoms with Gasteiger partial charge in [0.2, 0.25) is 0 Å². The van der Waals surface area contributed by atoms with Crippen molar-refractivity contribution in [2.45, 2.75) is 25.2 Å². The van der Waals surface area contributed by atoms with Crippen LogP contribution in [0.1, 0.15) is 12.0 Å². The summed E-state index contributed by atoms with van der Waals surface area (Å²) in [6.07, 6.45) is 3.71. The second-order valence-electron chi connectivity index (χ2n) is 5.94. The lowest BCUT2D eigenvalue weighted by Crippen LogP contribution is -2.39. The zero-order chi connectivity index (χ0) is 17.5. The van der Waals surface area contributed by atoms with Crippen molar-refractivity contribution in [2.75, 3.05) is 20.3 Å². The van der Waals surface area contributed by atoms with E-state index in [-0.39, 0.29) is 24.8 Å². The first-order chi connectivity index (χ1) is 12.3. The zero-order valence-corrected chi connectivity index (χ0v) is 14.2. The van der Waals surface area contributed by atoms with Crippen LogP contribution < -0.4 is 4.74 Å². The Labute approximate surface area is 147 Å². The summed E-state index contributed by atoms with van der Waals surface area (Å²) in [7, 11) is 1.66. The molecule has 0 unspecified atom stereocenters. The maximum Gasteiger partial charge on any atom is 0.410 e. The molecule has 0 radical (unpaired) electrons. The molecule has 6 heteroatoms. The summed E-state index contributed by atoms with van der Waals surface area (Å²) < 4.78 is 16.6. The largest absolute Gasteiger partial charge is 0.490 e. The minimum Gasteiger partial charge on any atom is -0.490 e. The van der Waals surface area contributed by atoms with E-state index < -0.39 is 0 Å². The first-order valence-corrected chi connectivity index (χ1v) is 8.29. The van der Waals surface area contributed by atoms with E-state index in [1.54, 1.807) is 24.4 Å². The molecular weight excluding hydrogens is 320 g/mol. The molecule has 1 fully saturated rings. The van der Waals surface area contributed by atoms with E-state index in [1.165, 1.54) is 0 Å². The average molecular weight is 342 g/mol. The van der Waals surface area contributed by atoms with Crippen molar-refractivity contribution in [3.05, 3.63) is 60.4 Å². The molecule has 1 aliphatic heterocycles. The normalized spacial score (nSPS) is 19.6.